The molecule has 0 bridgehead atoms. The summed E-state index contributed by atoms with van der Waals surface area (Å²) in [6.45, 7) is 6.70. The quantitative estimate of drug-likeness (QED) is 0.648. The lowest BCUT2D eigenvalue weighted by atomic mass is 9.72. The van der Waals surface area contributed by atoms with Crippen LogP contribution >= 0.6 is 0 Å². The molecule has 0 radical (unpaired) electrons. The molecule has 0 aliphatic heterocycles. The van der Waals surface area contributed by atoms with Crippen LogP contribution in [0, 0.1) is 0 Å². The molecule has 0 aromatic heterocycles. The highest BCUT2D eigenvalue weighted by Crippen LogP contribution is 2.42. The molecular formula is C27H42N2. The van der Waals surface area contributed by atoms with E-state index in [1.807, 2.05) is 6.07 Å². The highest BCUT2D eigenvalue weighted by Gasteiger charge is 2.39. The number of hydrogen-bond acceptors (Lipinski definition) is 2. The van der Waals surface area contributed by atoms with E-state index in [0.717, 1.165) is 19.3 Å². The summed E-state index contributed by atoms with van der Waals surface area (Å²) < 4.78 is 0. The van der Waals surface area contributed by atoms with Gasteiger partial charge in [-0.05, 0) is 88.3 Å². The predicted octanol–water partition coefficient (Wildman–Crippen LogP) is 5.98. The van der Waals surface area contributed by atoms with E-state index < -0.39 is 0 Å². The molecule has 3 rings (SSSR count). The molecule has 1 fully saturated rings. The zero-order valence-electron chi connectivity index (χ0n) is 19.6. The molecular weight excluding hydrogens is 352 g/mol. The molecule has 2 aromatic rings. The maximum absolute atomic E-state index is 3.46. The summed E-state index contributed by atoms with van der Waals surface area (Å²) in [7, 11) is 6.61. The van der Waals surface area contributed by atoms with Crippen LogP contribution in [0.25, 0.3) is 0 Å². The fourth-order valence-electron chi connectivity index (χ4n) is 4.67. The van der Waals surface area contributed by atoms with Crippen molar-refractivity contribution in [2.24, 2.45) is 0 Å². The fourth-order valence-corrected chi connectivity index (χ4v) is 4.67. The van der Waals surface area contributed by atoms with Crippen molar-refractivity contribution in [3.05, 3.63) is 70.8 Å². The molecule has 29 heavy (non-hydrogen) atoms. The van der Waals surface area contributed by atoms with Gasteiger partial charge in [0.2, 0.25) is 0 Å². The van der Waals surface area contributed by atoms with Crippen LogP contribution in [0.2, 0.25) is 0 Å². The Balaban J connectivity index is 0.000000313. The minimum Gasteiger partial charge on any atom is -0.317 e. The topological polar surface area (TPSA) is 15.3 Å². The molecule has 0 saturated heterocycles. The Morgan fingerprint density at radius 3 is 1.93 bits per heavy atom. The van der Waals surface area contributed by atoms with Crippen molar-refractivity contribution in [2.45, 2.75) is 77.3 Å². The second-order valence-corrected chi connectivity index (χ2v) is 8.53. The smallest absolute Gasteiger partial charge is 0.0458 e. The number of hydrogen-bond donors (Lipinski definition) is 1. The third-order valence-corrected chi connectivity index (χ3v) is 6.79. The van der Waals surface area contributed by atoms with E-state index in [-0.39, 0.29) is 5.54 Å². The minimum atomic E-state index is 0.227. The van der Waals surface area contributed by atoms with Gasteiger partial charge < -0.3 is 5.32 Å². The largest absolute Gasteiger partial charge is 0.317 e. The Labute approximate surface area is 179 Å². The molecule has 2 aromatic carbocycles. The van der Waals surface area contributed by atoms with Gasteiger partial charge in [0, 0.05) is 11.6 Å². The summed E-state index contributed by atoms with van der Waals surface area (Å²) in [6, 6.07) is 18.3. The standard InChI is InChI=1S/C19H32N2.C8H10/c1-6-15-8-9-18(16(7-2)14-15)19(21(4)5)12-10-17(20-3)11-13-19;1-2-8-6-4-3-5-7-8/h8-9,14,17,20H,6-7,10-13H2,1-5H3;3-7H,2H2,1H3. The van der Waals surface area contributed by atoms with Crippen molar-refractivity contribution < 1.29 is 0 Å². The number of aryl methyl sites for hydroxylation is 3. The highest BCUT2D eigenvalue weighted by atomic mass is 15.1. The van der Waals surface area contributed by atoms with Crippen LogP contribution in [0.5, 0.6) is 0 Å². The maximum atomic E-state index is 3.46. The molecule has 2 heteroatoms. The van der Waals surface area contributed by atoms with Gasteiger partial charge in [-0.25, -0.2) is 0 Å². The first kappa shape index (κ1) is 23.6. The molecule has 2 nitrogen and oxygen atoms in total. The molecule has 0 atom stereocenters. The predicted molar refractivity (Wildman–Crippen MR) is 128 cm³/mol. The number of nitrogens with one attached hydrogen (secondary N) is 1. The Kier molecular flexibility index (Phi) is 9.39. The molecule has 1 N–H and O–H groups in total. The second kappa shape index (κ2) is 11.5. The second-order valence-electron chi connectivity index (χ2n) is 8.53. The van der Waals surface area contributed by atoms with Gasteiger partial charge >= 0.3 is 0 Å². The van der Waals surface area contributed by atoms with E-state index in [0.29, 0.717) is 6.04 Å². The molecule has 0 spiro atoms. The lowest BCUT2D eigenvalue weighted by Crippen LogP contribution is -2.47. The van der Waals surface area contributed by atoms with Crippen LogP contribution in [-0.2, 0) is 24.8 Å². The van der Waals surface area contributed by atoms with Gasteiger partial charge in [0.25, 0.3) is 0 Å². The first-order chi connectivity index (χ1) is 14.0. The summed E-state index contributed by atoms with van der Waals surface area (Å²) >= 11 is 0. The molecule has 1 saturated carbocycles. The third kappa shape index (κ3) is 5.93. The van der Waals surface area contributed by atoms with Gasteiger partial charge in [-0.2, -0.15) is 0 Å². The van der Waals surface area contributed by atoms with Gasteiger partial charge in [-0.3, -0.25) is 4.90 Å². The van der Waals surface area contributed by atoms with E-state index in [1.54, 1.807) is 11.1 Å². The van der Waals surface area contributed by atoms with Crippen molar-refractivity contribution in [2.75, 3.05) is 21.1 Å². The maximum Gasteiger partial charge on any atom is 0.0458 e. The van der Waals surface area contributed by atoms with Crippen molar-refractivity contribution in [3.63, 3.8) is 0 Å². The van der Waals surface area contributed by atoms with E-state index in [4.69, 9.17) is 0 Å². The fraction of sp³-hybridized carbons (Fsp3) is 0.556. The van der Waals surface area contributed by atoms with E-state index in [2.05, 4.69) is 94.6 Å². The van der Waals surface area contributed by atoms with E-state index >= 15 is 0 Å². The lowest BCUT2D eigenvalue weighted by Gasteiger charge is -2.46. The van der Waals surface area contributed by atoms with Crippen LogP contribution in [-0.4, -0.2) is 32.1 Å². The molecule has 1 aliphatic rings. The Bertz CT molecular complexity index is 713. The molecule has 0 unspecified atom stereocenters. The average Bonchev–Trinajstić information content (AvgIpc) is 2.79. The van der Waals surface area contributed by atoms with E-state index in [1.165, 1.54) is 36.8 Å². The summed E-state index contributed by atoms with van der Waals surface area (Å²) in [4.78, 5) is 2.47. The molecule has 0 amide bonds. The average molecular weight is 395 g/mol. The first-order valence-electron chi connectivity index (χ1n) is 11.5. The third-order valence-electron chi connectivity index (χ3n) is 6.79. The first-order valence-corrected chi connectivity index (χ1v) is 11.5. The number of nitrogens with zero attached hydrogens (tertiary/aromatic N) is 1. The highest BCUT2D eigenvalue weighted by molar-refractivity contribution is 5.38. The van der Waals surface area contributed by atoms with Crippen molar-refractivity contribution >= 4 is 0 Å². The number of benzene rings is 2. The van der Waals surface area contributed by atoms with Crippen LogP contribution in [0.15, 0.2) is 48.5 Å². The van der Waals surface area contributed by atoms with Crippen molar-refractivity contribution in [1.29, 1.82) is 0 Å². The van der Waals surface area contributed by atoms with Gasteiger partial charge in [0.05, 0.1) is 0 Å². The summed E-state index contributed by atoms with van der Waals surface area (Å²) in [5, 5.41) is 3.46. The SMILES string of the molecule is CCc1ccc(C2(N(C)C)CCC(NC)CC2)c(CC)c1.CCc1ccccc1. The summed E-state index contributed by atoms with van der Waals surface area (Å²) in [5.74, 6) is 0. The summed E-state index contributed by atoms with van der Waals surface area (Å²) in [5.41, 5.74) is 6.22. The van der Waals surface area contributed by atoms with Gasteiger partial charge in [0.15, 0.2) is 0 Å². The van der Waals surface area contributed by atoms with Crippen molar-refractivity contribution in [3.8, 4) is 0 Å². The zero-order chi connectivity index (χ0) is 21.3. The van der Waals surface area contributed by atoms with Crippen LogP contribution in [0.1, 0.15) is 68.7 Å². The van der Waals surface area contributed by atoms with Gasteiger partial charge in [-0.1, -0.05) is 69.3 Å². The monoisotopic (exact) mass is 394 g/mol. The van der Waals surface area contributed by atoms with Gasteiger partial charge in [-0.15, -0.1) is 0 Å². The lowest BCUT2D eigenvalue weighted by molar-refractivity contribution is 0.0861. The van der Waals surface area contributed by atoms with Gasteiger partial charge in [0.1, 0.15) is 0 Å². The van der Waals surface area contributed by atoms with Crippen LogP contribution < -0.4 is 5.32 Å². The normalized spacial score (nSPS) is 21.6. The molecule has 0 heterocycles. The van der Waals surface area contributed by atoms with Crippen molar-refractivity contribution in [1.82, 2.24) is 10.2 Å². The van der Waals surface area contributed by atoms with E-state index in [9.17, 15) is 0 Å². The van der Waals surface area contributed by atoms with Crippen LogP contribution in [0.4, 0.5) is 0 Å². The molecule has 160 valence electrons. The Hall–Kier alpha value is -1.64. The Morgan fingerprint density at radius 1 is 0.862 bits per heavy atom. The summed E-state index contributed by atoms with van der Waals surface area (Å²) in [6.07, 6.45) is 8.45. The minimum absolute atomic E-state index is 0.227. The Morgan fingerprint density at radius 2 is 1.48 bits per heavy atom. The number of rotatable bonds is 6. The van der Waals surface area contributed by atoms with Crippen LogP contribution in [0.3, 0.4) is 0 Å². The zero-order valence-corrected chi connectivity index (χ0v) is 19.6. The molecule has 1 aliphatic carbocycles.